The van der Waals surface area contributed by atoms with Gasteiger partial charge in [0.15, 0.2) is 0 Å². The van der Waals surface area contributed by atoms with Crippen LogP contribution in [0.2, 0.25) is 0 Å². The highest BCUT2D eigenvalue weighted by atomic mass is 16.6. The number of aldehydes is 1. The monoisotopic (exact) mass is 627 g/mol. The van der Waals surface area contributed by atoms with Gasteiger partial charge >= 0.3 is 11.9 Å². The first-order valence-corrected chi connectivity index (χ1v) is 15.6. The molecule has 2 aromatic rings. The molecule has 9 nitrogen and oxygen atoms in total. The predicted octanol–water partition coefficient (Wildman–Crippen LogP) is 7.32. The normalized spacial score (nSPS) is 12.9. The Balaban J connectivity index is 0.000000450. The van der Waals surface area contributed by atoms with Crippen molar-refractivity contribution in [3.8, 4) is 0 Å². The van der Waals surface area contributed by atoms with Crippen LogP contribution in [0.4, 0.5) is 0 Å². The van der Waals surface area contributed by atoms with E-state index < -0.39 is 11.2 Å². The molecule has 0 aliphatic carbocycles. The zero-order valence-electron chi connectivity index (χ0n) is 27.9. The second-order valence-corrected chi connectivity index (χ2v) is 12.9. The largest absolute Gasteiger partial charge is 0.460 e. The number of hydrogen-bond acceptors (Lipinski definition) is 9. The lowest BCUT2D eigenvalue weighted by atomic mass is 10.0. The molecular formula is C36H53NO8. The highest BCUT2D eigenvalue weighted by Gasteiger charge is 2.21. The Kier molecular flexibility index (Phi) is 19.3. The van der Waals surface area contributed by atoms with E-state index in [0.717, 1.165) is 30.3 Å². The molecule has 0 aliphatic heterocycles. The number of ether oxygens (including phenoxy) is 4. The summed E-state index contributed by atoms with van der Waals surface area (Å²) < 4.78 is 21.7. The first kappa shape index (κ1) is 39.5. The fourth-order valence-electron chi connectivity index (χ4n) is 4.16. The van der Waals surface area contributed by atoms with E-state index in [0.29, 0.717) is 39.3 Å². The van der Waals surface area contributed by atoms with Crippen LogP contribution in [0, 0.1) is 11.8 Å². The molecule has 0 aliphatic rings. The van der Waals surface area contributed by atoms with E-state index in [1.165, 1.54) is 6.21 Å². The Labute approximate surface area is 269 Å². The smallest absolute Gasteiger partial charge is 0.307 e. The third kappa shape index (κ3) is 22.6. The summed E-state index contributed by atoms with van der Waals surface area (Å²) in [5.41, 5.74) is 1.25. The minimum Gasteiger partial charge on any atom is -0.460 e. The molecule has 9 heteroatoms. The van der Waals surface area contributed by atoms with Crippen LogP contribution in [-0.4, -0.2) is 54.1 Å². The number of hydrogen-bond donors (Lipinski definition) is 1. The summed E-state index contributed by atoms with van der Waals surface area (Å²) in [7, 11) is 0. The molecular weight excluding hydrogens is 574 g/mol. The zero-order chi connectivity index (χ0) is 33.6. The molecule has 1 N–H and O–H groups in total. The Morgan fingerprint density at radius 3 is 1.49 bits per heavy atom. The molecule has 0 aromatic heterocycles. The van der Waals surface area contributed by atoms with Gasteiger partial charge in [0.05, 0.1) is 26.1 Å². The number of esters is 2. The van der Waals surface area contributed by atoms with Crippen molar-refractivity contribution in [1.82, 2.24) is 0 Å². The molecule has 0 amide bonds. The number of nitrogens with zero attached hydrogens (tertiary/aromatic N) is 1. The summed E-state index contributed by atoms with van der Waals surface area (Å²) in [6.07, 6.45) is 5.45. The minimum absolute atomic E-state index is 0.138. The quantitative estimate of drug-likeness (QED) is 0.0456. The maximum absolute atomic E-state index is 11.8. The molecule has 0 fully saturated rings. The average molecular weight is 628 g/mol. The Morgan fingerprint density at radius 2 is 1.11 bits per heavy atom. The summed E-state index contributed by atoms with van der Waals surface area (Å²) in [6.45, 7) is 13.3. The van der Waals surface area contributed by atoms with Gasteiger partial charge in [0.2, 0.25) is 0 Å². The average Bonchev–Trinajstić information content (AvgIpc) is 2.95. The van der Waals surface area contributed by atoms with E-state index in [-0.39, 0.29) is 36.6 Å². The van der Waals surface area contributed by atoms with E-state index in [1.807, 2.05) is 102 Å². The highest BCUT2D eigenvalue weighted by Crippen LogP contribution is 2.16. The van der Waals surface area contributed by atoms with Gasteiger partial charge in [-0.2, -0.15) is 0 Å². The van der Waals surface area contributed by atoms with Crippen LogP contribution in [0.3, 0.4) is 0 Å². The van der Waals surface area contributed by atoms with E-state index in [4.69, 9.17) is 24.2 Å². The van der Waals surface area contributed by atoms with Crippen LogP contribution in [0.1, 0.15) is 91.2 Å². The van der Waals surface area contributed by atoms with E-state index in [9.17, 15) is 14.4 Å². The number of carbonyl (C=O) groups excluding carboxylic acids is 3. The fraction of sp³-hybridized carbons (Fsp3) is 0.556. The molecule has 45 heavy (non-hydrogen) atoms. The lowest BCUT2D eigenvalue weighted by Gasteiger charge is -2.20. The summed E-state index contributed by atoms with van der Waals surface area (Å²) in [4.78, 5) is 34.6. The van der Waals surface area contributed by atoms with Gasteiger partial charge in [0.1, 0.15) is 17.5 Å². The minimum atomic E-state index is -0.511. The van der Waals surface area contributed by atoms with Crippen LogP contribution >= 0.6 is 0 Å². The van der Waals surface area contributed by atoms with Gasteiger partial charge in [-0.1, -0.05) is 60.7 Å². The Morgan fingerprint density at radius 1 is 0.711 bits per heavy atom. The van der Waals surface area contributed by atoms with E-state index in [2.05, 4.69) is 5.16 Å². The molecule has 2 rings (SSSR count). The molecule has 0 saturated carbocycles. The second-order valence-electron chi connectivity index (χ2n) is 12.9. The van der Waals surface area contributed by atoms with Gasteiger partial charge in [-0.05, 0) is 78.4 Å². The van der Waals surface area contributed by atoms with E-state index in [1.54, 1.807) is 0 Å². The second kappa shape index (κ2) is 22.0. The van der Waals surface area contributed by atoms with Gasteiger partial charge in [0, 0.05) is 31.3 Å². The van der Waals surface area contributed by atoms with Crippen molar-refractivity contribution >= 4 is 24.4 Å². The fourth-order valence-corrected chi connectivity index (χ4v) is 4.16. The molecule has 0 bridgehead atoms. The molecule has 2 aromatic carbocycles. The molecule has 0 unspecified atom stereocenters. The molecule has 0 spiro atoms. The first-order valence-electron chi connectivity index (χ1n) is 15.6. The van der Waals surface area contributed by atoms with Crippen molar-refractivity contribution in [3.05, 3.63) is 71.8 Å². The van der Waals surface area contributed by atoms with Crippen molar-refractivity contribution in [3.63, 3.8) is 0 Å². The SMILES string of the molecule is CC(C)(C)OC(=O)C[C@@H](/C=N/O)CCCOCc1ccccc1.CC(C)(C)OC(=O)C[C@@H](C=O)CCCOCc1ccccc1. The summed E-state index contributed by atoms with van der Waals surface area (Å²) >= 11 is 0. The summed E-state index contributed by atoms with van der Waals surface area (Å²) in [5, 5.41) is 11.8. The van der Waals surface area contributed by atoms with Gasteiger partial charge in [-0.15, -0.1) is 5.16 Å². The number of oxime groups is 1. The maximum Gasteiger partial charge on any atom is 0.307 e. The third-order valence-corrected chi connectivity index (χ3v) is 6.12. The third-order valence-electron chi connectivity index (χ3n) is 6.12. The topological polar surface area (TPSA) is 121 Å². The molecule has 0 saturated heterocycles. The van der Waals surface area contributed by atoms with Gasteiger partial charge in [-0.25, -0.2) is 0 Å². The number of carbonyl (C=O) groups is 3. The molecule has 0 radical (unpaired) electrons. The summed E-state index contributed by atoms with van der Waals surface area (Å²) in [5.74, 6) is -1.05. The van der Waals surface area contributed by atoms with Crippen molar-refractivity contribution in [2.45, 2.75) is 104 Å². The van der Waals surface area contributed by atoms with Crippen LogP contribution in [-0.2, 0) is 46.5 Å². The van der Waals surface area contributed by atoms with Gasteiger partial charge < -0.3 is 28.9 Å². The molecule has 2 atom stereocenters. The van der Waals surface area contributed by atoms with Crippen LogP contribution in [0.25, 0.3) is 0 Å². The molecule has 0 heterocycles. The Hall–Kier alpha value is -3.56. The van der Waals surface area contributed by atoms with Gasteiger partial charge in [0.25, 0.3) is 0 Å². The predicted molar refractivity (Wildman–Crippen MR) is 175 cm³/mol. The van der Waals surface area contributed by atoms with Crippen LogP contribution in [0.5, 0.6) is 0 Å². The zero-order valence-corrected chi connectivity index (χ0v) is 27.9. The first-order chi connectivity index (χ1) is 21.3. The molecule has 250 valence electrons. The standard InChI is InChI=1S/C18H27NO4.C18H26O4/c1-18(2,3)23-17(20)12-16(13-19-21)10-7-11-22-14-15-8-5-4-6-9-15;1-18(2,3)22-17(20)12-16(13-19)10-7-11-21-14-15-8-5-4-6-9-15/h4-6,8-9,13,16,21H,7,10-12,14H2,1-3H3;4-6,8-9,13,16H,7,10-12,14H2,1-3H3/b19-13+;/t2*16-/m00/s1. The lowest BCUT2D eigenvalue weighted by molar-refractivity contribution is -0.157. The van der Waals surface area contributed by atoms with E-state index >= 15 is 0 Å². The Bertz CT molecular complexity index is 1110. The van der Waals surface area contributed by atoms with Crippen molar-refractivity contribution in [2.75, 3.05) is 13.2 Å². The van der Waals surface area contributed by atoms with Crippen molar-refractivity contribution in [2.24, 2.45) is 17.0 Å². The number of rotatable bonds is 18. The van der Waals surface area contributed by atoms with Gasteiger partial charge in [-0.3, -0.25) is 9.59 Å². The van der Waals surface area contributed by atoms with Crippen molar-refractivity contribution < 1.29 is 38.5 Å². The van der Waals surface area contributed by atoms with Crippen LogP contribution < -0.4 is 0 Å². The maximum atomic E-state index is 11.8. The lowest BCUT2D eigenvalue weighted by Crippen LogP contribution is -2.25. The summed E-state index contributed by atoms with van der Waals surface area (Å²) in [6, 6.07) is 19.9. The van der Waals surface area contributed by atoms with Crippen LogP contribution in [0.15, 0.2) is 65.8 Å². The number of benzene rings is 2. The highest BCUT2D eigenvalue weighted by molar-refractivity contribution is 5.75. The van der Waals surface area contributed by atoms with Crippen molar-refractivity contribution in [1.29, 1.82) is 0 Å².